The van der Waals surface area contributed by atoms with E-state index >= 15 is 0 Å². The normalized spacial score (nSPS) is 11.5. The molecule has 1 aromatic heterocycles. The predicted octanol–water partition coefficient (Wildman–Crippen LogP) is 1.59. The SMILES string of the molecule is CN=C(NCCCOCCOC)NCc1cccc(-n2cccn2)c1. The maximum atomic E-state index is 5.43. The van der Waals surface area contributed by atoms with Gasteiger partial charge in [0.1, 0.15) is 0 Å². The highest BCUT2D eigenvalue weighted by Gasteiger charge is 2.01. The van der Waals surface area contributed by atoms with E-state index in [0.29, 0.717) is 26.4 Å². The quantitative estimate of drug-likeness (QED) is 0.389. The summed E-state index contributed by atoms with van der Waals surface area (Å²) >= 11 is 0. The molecule has 7 heteroatoms. The zero-order chi connectivity index (χ0) is 17.7. The van der Waals surface area contributed by atoms with Crippen molar-refractivity contribution in [3.63, 3.8) is 0 Å². The van der Waals surface area contributed by atoms with Crippen molar-refractivity contribution in [2.45, 2.75) is 13.0 Å². The first-order valence-electron chi connectivity index (χ1n) is 8.43. The van der Waals surface area contributed by atoms with E-state index in [0.717, 1.165) is 24.6 Å². The molecule has 0 atom stereocenters. The largest absolute Gasteiger partial charge is 0.382 e. The number of rotatable bonds is 10. The summed E-state index contributed by atoms with van der Waals surface area (Å²) in [5, 5.41) is 10.9. The van der Waals surface area contributed by atoms with Crippen molar-refractivity contribution in [2.75, 3.05) is 40.5 Å². The molecular weight excluding hydrogens is 318 g/mol. The summed E-state index contributed by atoms with van der Waals surface area (Å²) in [5.41, 5.74) is 2.21. The predicted molar refractivity (Wildman–Crippen MR) is 99.1 cm³/mol. The molecule has 1 aromatic carbocycles. The van der Waals surface area contributed by atoms with E-state index in [9.17, 15) is 0 Å². The molecule has 0 saturated heterocycles. The molecule has 0 spiro atoms. The monoisotopic (exact) mass is 345 g/mol. The maximum absolute atomic E-state index is 5.43. The van der Waals surface area contributed by atoms with Gasteiger partial charge in [-0.25, -0.2) is 4.68 Å². The second kappa shape index (κ2) is 11.2. The van der Waals surface area contributed by atoms with Crippen molar-refractivity contribution >= 4 is 5.96 Å². The Kier molecular flexibility index (Phi) is 8.51. The van der Waals surface area contributed by atoms with Crippen LogP contribution in [-0.4, -0.2) is 56.3 Å². The summed E-state index contributed by atoms with van der Waals surface area (Å²) in [7, 11) is 3.44. The highest BCUT2D eigenvalue weighted by molar-refractivity contribution is 5.79. The highest BCUT2D eigenvalue weighted by atomic mass is 16.5. The number of methoxy groups -OCH3 is 1. The zero-order valence-corrected chi connectivity index (χ0v) is 14.9. The number of guanidine groups is 1. The van der Waals surface area contributed by atoms with Crippen LogP contribution in [0.15, 0.2) is 47.7 Å². The van der Waals surface area contributed by atoms with Crippen molar-refractivity contribution < 1.29 is 9.47 Å². The second-order valence-corrected chi connectivity index (χ2v) is 5.43. The van der Waals surface area contributed by atoms with Gasteiger partial charge in [0, 0.05) is 46.2 Å². The molecular formula is C18H27N5O2. The molecule has 0 radical (unpaired) electrons. The van der Waals surface area contributed by atoms with Crippen molar-refractivity contribution in [1.29, 1.82) is 0 Å². The van der Waals surface area contributed by atoms with Crippen molar-refractivity contribution in [1.82, 2.24) is 20.4 Å². The third kappa shape index (κ3) is 6.94. The number of aromatic nitrogens is 2. The Morgan fingerprint density at radius 3 is 2.88 bits per heavy atom. The van der Waals surface area contributed by atoms with Gasteiger partial charge in [-0.3, -0.25) is 4.99 Å². The van der Waals surface area contributed by atoms with Crippen molar-refractivity contribution in [3.8, 4) is 5.69 Å². The lowest BCUT2D eigenvalue weighted by Gasteiger charge is -2.12. The van der Waals surface area contributed by atoms with Crippen LogP contribution in [0.2, 0.25) is 0 Å². The third-order valence-electron chi connectivity index (χ3n) is 3.55. The van der Waals surface area contributed by atoms with Gasteiger partial charge in [0.15, 0.2) is 5.96 Å². The van der Waals surface area contributed by atoms with E-state index in [-0.39, 0.29) is 0 Å². The topological polar surface area (TPSA) is 72.7 Å². The molecule has 0 unspecified atom stereocenters. The molecule has 7 nitrogen and oxygen atoms in total. The van der Waals surface area contributed by atoms with Crippen LogP contribution in [0.3, 0.4) is 0 Å². The van der Waals surface area contributed by atoms with E-state index in [1.165, 1.54) is 5.56 Å². The Bertz CT molecular complexity index is 628. The van der Waals surface area contributed by atoms with E-state index in [2.05, 4.69) is 32.9 Å². The summed E-state index contributed by atoms with van der Waals surface area (Å²) in [4.78, 5) is 4.24. The lowest BCUT2D eigenvalue weighted by molar-refractivity contribution is 0.0698. The molecule has 0 aliphatic heterocycles. The molecule has 0 fully saturated rings. The fourth-order valence-electron chi connectivity index (χ4n) is 2.26. The Balaban J connectivity index is 1.71. The Morgan fingerprint density at radius 2 is 2.12 bits per heavy atom. The minimum atomic E-state index is 0.633. The summed E-state index contributed by atoms with van der Waals surface area (Å²) < 4.78 is 12.2. The van der Waals surface area contributed by atoms with Gasteiger partial charge >= 0.3 is 0 Å². The van der Waals surface area contributed by atoms with Gasteiger partial charge in [-0.2, -0.15) is 5.10 Å². The first-order valence-corrected chi connectivity index (χ1v) is 8.43. The van der Waals surface area contributed by atoms with Crippen LogP contribution in [0.1, 0.15) is 12.0 Å². The molecule has 0 aliphatic carbocycles. The fraction of sp³-hybridized carbons (Fsp3) is 0.444. The van der Waals surface area contributed by atoms with E-state index < -0.39 is 0 Å². The summed E-state index contributed by atoms with van der Waals surface area (Å²) in [6.07, 6.45) is 4.62. The van der Waals surface area contributed by atoms with Crippen LogP contribution in [0.5, 0.6) is 0 Å². The highest BCUT2D eigenvalue weighted by Crippen LogP contribution is 2.09. The number of benzene rings is 1. The molecule has 25 heavy (non-hydrogen) atoms. The minimum absolute atomic E-state index is 0.633. The third-order valence-corrected chi connectivity index (χ3v) is 3.55. The van der Waals surface area contributed by atoms with Crippen molar-refractivity contribution in [3.05, 3.63) is 48.3 Å². The van der Waals surface area contributed by atoms with Gasteiger partial charge in [-0.05, 0) is 30.2 Å². The van der Waals surface area contributed by atoms with Gasteiger partial charge in [-0.1, -0.05) is 12.1 Å². The smallest absolute Gasteiger partial charge is 0.191 e. The van der Waals surface area contributed by atoms with Crippen LogP contribution < -0.4 is 10.6 Å². The number of nitrogens with zero attached hydrogens (tertiary/aromatic N) is 3. The Labute approximate surface area is 149 Å². The molecule has 1 heterocycles. The van der Waals surface area contributed by atoms with E-state index in [1.54, 1.807) is 20.4 Å². The van der Waals surface area contributed by atoms with Crippen LogP contribution >= 0.6 is 0 Å². The Hall–Kier alpha value is -2.38. The first kappa shape index (κ1) is 19.0. The molecule has 0 aliphatic rings. The molecule has 2 rings (SSSR count). The molecule has 0 amide bonds. The van der Waals surface area contributed by atoms with Crippen LogP contribution in [-0.2, 0) is 16.0 Å². The minimum Gasteiger partial charge on any atom is -0.382 e. The van der Waals surface area contributed by atoms with Crippen molar-refractivity contribution in [2.24, 2.45) is 4.99 Å². The zero-order valence-electron chi connectivity index (χ0n) is 14.9. The van der Waals surface area contributed by atoms with Gasteiger partial charge < -0.3 is 20.1 Å². The fourth-order valence-corrected chi connectivity index (χ4v) is 2.26. The van der Waals surface area contributed by atoms with Gasteiger partial charge in [0.05, 0.1) is 18.9 Å². The summed E-state index contributed by atoms with van der Waals surface area (Å²) in [6, 6.07) is 10.2. The van der Waals surface area contributed by atoms with Crippen LogP contribution in [0.25, 0.3) is 5.69 Å². The number of hydrogen-bond acceptors (Lipinski definition) is 4. The lowest BCUT2D eigenvalue weighted by atomic mass is 10.2. The molecule has 0 bridgehead atoms. The maximum Gasteiger partial charge on any atom is 0.191 e. The molecule has 2 aromatic rings. The molecule has 0 saturated carbocycles. The van der Waals surface area contributed by atoms with E-state index in [1.807, 2.05) is 29.1 Å². The van der Waals surface area contributed by atoms with Crippen LogP contribution in [0, 0.1) is 0 Å². The second-order valence-electron chi connectivity index (χ2n) is 5.43. The standard InChI is InChI=1S/C18H27N5O2/c1-19-18(20-8-5-11-25-13-12-24-2)21-15-16-6-3-7-17(14-16)23-10-4-9-22-23/h3-4,6-7,9-10,14H,5,8,11-13,15H2,1-2H3,(H2,19,20,21). The van der Waals surface area contributed by atoms with Crippen LogP contribution in [0.4, 0.5) is 0 Å². The average Bonchev–Trinajstić information content (AvgIpc) is 3.18. The number of nitrogens with one attached hydrogen (secondary N) is 2. The Morgan fingerprint density at radius 1 is 1.20 bits per heavy atom. The molecule has 2 N–H and O–H groups in total. The molecule has 136 valence electrons. The van der Waals surface area contributed by atoms with Gasteiger partial charge in [-0.15, -0.1) is 0 Å². The average molecular weight is 345 g/mol. The van der Waals surface area contributed by atoms with Gasteiger partial charge in [0.2, 0.25) is 0 Å². The summed E-state index contributed by atoms with van der Waals surface area (Å²) in [6.45, 7) is 3.47. The number of hydrogen-bond donors (Lipinski definition) is 2. The lowest BCUT2D eigenvalue weighted by Crippen LogP contribution is -2.37. The van der Waals surface area contributed by atoms with Gasteiger partial charge in [0.25, 0.3) is 0 Å². The number of ether oxygens (including phenoxy) is 2. The summed E-state index contributed by atoms with van der Waals surface area (Å²) in [5.74, 6) is 0.779. The van der Waals surface area contributed by atoms with E-state index in [4.69, 9.17) is 9.47 Å². The first-order chi connectivity index (χ1) is 12.3. The number of aliphatic imine (C=N–C) groups is 1.